The van der Waals surface area contributed by atoms with Gasteiger partial charge in [-0.3, -0.25) is 19.2 Å². The van der Waals surface area contributed by atoms with Crippen molar-refractivity contribution in [1.29, 1.82) is 0 Å². The van der Waals surface area contributed by atoms with Crippen molar-refractivity contribution in [3.63, 3.8) is 0 Å². The number of piperazine rings is 1. The minimum absolute atomic E-state index is 0.135. The molecule has 2 atom stereocenters. The molecule has 0 radical (unpaired) electrons. The Morgan fingerprint density at radius 2 is 1.15 bits per heavy atom. The third-order valence-electron chi connectivity index (χ3n) is 4.00. The van der Waals surface area contributed by atoms with Crippen LogP contribution in [0.25, 0.3) is 0 Å². The summed E-state index contributed by atoms with van der Waals surface area (Å²) in [6.07, 6.45) is 0.854. The van der Waals surface area contributed by atoms with Gasteiger partial charge in [0.1, 0.15) is 12.1 Å². The molecule has 1 heterocycles. The van der Waals surface area contributed by atoms with E-state index in [0.717, 1.165) is 0 Å². The van der Waals surface area contributed by atoms with Crippen LogP contribution in [0.5, 0.6) is 0 Å². The van der Waals surface area contributed by atoms with E-state index in [4.69, 9.17) is 0 Å². The van der Waals surface area contributed by atoms with Gasteiger partial charge in [-0.25, -0.2) is 0 Å². The molecule has 1 aliphatic heterocycles. The molecule has 1 aliphatic rings. The van der Waals surface area contributed by atoms with Crippen molar-refractivity contribution in [1.82, 2.24) is 21.3 Å². The molecule has 0 aromatic heterocycles. The Balaban J connectivity index is 2.35. The first-order chi connectivity index (χ1) is 12.2. The average molecular weight is 368 g/mol. The molecule has 0 aliphatic carbocycles. The molecule has 0 spiro atoms. The second-order valence-corrected chi connectivity index (χ2v) is 7.60. The summed E-state index contributed by atoms with van der Waals surface area (Å²) in [5, 5.41) is 10.9. The molecule has 0 saturated carbocycles. The van der Waals surface area contributed by atoms with Crippen molar-refractivity contribution < 1.29 is 19.2 Å². The summed E-state index contributed by atoms with van der Waals surface area (Å²) in [6.45, 7) is 9.17. The van der Waals surface area contributed by atoms with Crippen LogP contribution >= 0.6 is 0 Å². The molecule has 0 unspecified atom stereocenters. The summed E-state index contributed by atoms with van der Waals surface area (Å²) in [5.41, 5.74) is 0. The van der Waals surface area contributed by atoms with Crippen molar-refractivity contribution >= 4 is 23.6 Å². The Morgan fingerprint density at radius 3 is 1.46 bits per heavy atom. The van der Waals surface area contributed by atoms with E-state index in [0.29, 0.717) is 24.9 Å². The minimum atomic E-state index is -0.710. The van der Waals surface area contributed by atoms with Gasteiger partial charge in [0.15, 0.2) is 0 Å². The van der Waals surface area contributed by atoms with Gasteiger partial charge >= 0.3 is 0 Å². The van der Waals surface area contributed by atoms with Crippen LogP contribution in [0.15, 0.2) is 0 Å². The summed E-state index contributed by atoms with van der Waals surface area (Å²) in [4.78, 5) is 47.7. The van der Waals surface area contributed by atoms with Gasteiger partial charge in [0.2, 0.25) is 23.6 Å². The fraction of sp³-hybridized carbons (Fsp3) is 0.778. The van der Waals surface area contributed by atoms with E-state index in [9.17, 15) is 19.2 Å². The van der Waals surface area contributed by atoms with Crippen LogP contribution in [0.2, 0.25) is 0 Å². The standard InChI is InChI=1S/C18H32N4O4/c1-11(2)9-19-15(23)7-5-13-17(25)22-14(18(26)21-13)6-8-16(24)20-10-12(3)4/h11-14H,5-10H2,1-4H3,(H,19,23)(H,20,24)(H,21,26)(H,22,25)/t13-,14+. The van der Waals surface area contributed by atoms with Gasteiger partial charge in [0, 0.05) is 25.9 Å². The van der Waals surface area contributed by atoms with Crippen LogP contribution in [0, 0.1) is 11.8 Å². The number of rotatable bonds is 10. The van der Waals surface area contributed by atoms with Gasteiger partial charge in [-0.2, -0.15) is 0 Å². The molecule has 4 amide bonds. The van der Waals surface area contributed by atoms with E-state index >= 15 is 0 Å². The summed E-state index contributed by atoms with van der Waals surface area (Å²) >= 11 is 0. The van der Waals surface area contributed by atoms with Crippen molar-refractivity contribution in [2.75, 3.05) is 13.1 Å². The SMILES string of the molecule is CC(C)CNC(=O)CC[C@@H]1NC(=O)[C@@H](CCC(=O)NCC(C)C)NC1=O. The van der Waals surface area contributed by atoms with Crippen LogP contribution < -0.4 is 21.3 Å². The summed E-state index contributed by atoms with van der Waals surface area (Å²) in [5.74, 6) is -0.178. The summed E-state index contributed by atoms with van der Waals surface area (Å²) in [6, 6.07) is -1.42. The van der Waals surface area contributed by atoms with E-state index in [1.54, 1.807) is 0 Å². The second-order valence-electron chi connectivity index (χ2n) is 7.60. The van der Waals surface area contributed by atoms with Gasteiger partial charge < -0.3 is 21.3 Å². The molecule has 0 bridgehead atoms. The molecule has 4 N–H and O–H groups in total. The van der Waals surface area contributed by atoms with Crippen LogP contribution in [0.4, 0.5) is 0 Å². The lowest BCUT2D eigenvalue weighted by atomic mass is 10.0. The first-order valence-electron chi connectivity index (χ1n) is 9.33. The number of amides is 4. The maximum Gasteiger partial charge on any atom is 0.243 e. The Hall–Kier alpha value is -2.12. The highest BCUT2D eigenvalue weighted by Gasteiger charge is 2.33. The number of hydrogen-bond acceptors (Lipinski definition) is 4. The van der Waals surface area contributed by atoms with Crippen molar-refractivity contribution in [2.45, 2.75) is 65.5 Å². The quantitative estimate of drug-likeness (QED) is 0.437. The Bertz CT molecular complexity index is 473. The zero-order chi connectivity index (χ0) is 19.7. The molecular formula is C18H32N4O4. The molecule has 1 rings (SSSR count). The second kappa shape index (κ2) is 10.8. The lowest BCUT2D eigenvalue weighted by Gasteiger charge is -2.29. The highest BCUT2D eigenvalue weighted by Crippen LogP contribution is 2.08. The third kappa shape index (κ3) is 8.31. The Labute approximate surface area is 155 Å². The highest BCUT2D eigenvalue weighted by molar-refractivity contribution is 5.97. The first kappa shape index (κ1) is 21.9. The van der Waals surface area contributed by atoms with Crippen molar-refractivity contribution in [3.05, 3.63) is 0 Å². The van der Waals surface area contributed by atoms with Crippen molar-refractivity contribution in [2.24, 2.45) is 11.8 Å². The fourth-order valence-electron chi connectivity index (χ4n) is 2.45. The van der Waals surface area contributed by atoms with E-state index in [1.165, 1.54) is 0 Å². The minimum Gasteiger partial charge on any atom is -0.356 e. The fourth-order valence-corrected chi connectivity index (χ4v) is 2.45. The summed E-state index contributed by atoms with van der Waals surface area (Å²) in [7, 11) is 0. The molecule has 1 saturated heterocycles. The third-order valence-corrected chi connectivity index (χ3v) is 4.00. The van der Waals surface area contributed by atoms with Crippen LogP contribution in [-0.2, 0) is 19.2 Å². The smallest absolute Gasteiger partial charge is 0.243 e. The average Bonchev–Trinajstić information content (AvgIpc) is 2.57. The number of nitrogens with one attached hydrogen (secondary N) is 4. The number of hydrogen-bond donors (Lipinski definition) is 4. The predicted octanol–water partition coefficient (Wildman–Crippen LogP) is 0.0744. The van der Waals surface area contributed by atoms with Crippen LogP contribution in [0.1, 0.15) is 53.4 Å². The van der Waals surface area contributed by atoms with Crippen molar-refractivity contribution in [3.8, 4) is 0 Å². The van der Waals surface area contributed by atoms with E-state index < -0.39 is 12.1 Å². The van der Waals surface area contributed by atoms with Crippen LogP contribution in [-0.4, -0.2) is 48.8 Å². The zero-order valence-corrected chi connectivity index (χ0v) is 16.2. The highest BCUT2D eigenvalue weighted by atomic mass is 16.2. The number of carbonyl (C=O) groups is 4. The van der Waals surface area contributed by atoms with Gasteiger partial charge in [-0.05, 0) is 24.7 Å². The Kier molecular flexibility index (Phi) is 9.09. The summed E-state index contributed by atoms with van der Waals surface area (Å²) < 4.78 is 0. The lowest BCUT2D eigenvalue weighted by molar-refractivity contribution is -0.137. The molecule has 8 heteroatoms. The maximum absolute atomic E-state index is 12.1. The largest absolute Gasteiger partial charge is 0.356 e. The van der Waals surface area contributed by atoms with Gasteiger partial charge in [0.05, 0.1) is 0 Å². The molecule has 148 valence electrons. The molecule has 26 heavy (non-hydrogen) atoms. The Morgan fingerprint density at radius 1 is 0.808 bits per heavy atom. The van der Waals surface area contributed by atoms with Gasteiger partial charge in [0.25, 0.3) is 0 Å². The van der Waals surface area contributed by atoms with Gasteiger partial charge in [-0.15, -0.1) is 0 Å². The predicted molar refractivity (Wildman–Crippen MR) is 98.0 cm³/mol. The molecule has 1 fully saturated rings. The van der Waals surface area contributed by atoms with Gasteiger partial charge in [-0.1, -0.05) is 27.7 Å². The first-order valence-corrected chi connectivity index (χ1v) is 9.33. The topological polar surface area (TPSA) is 116 Å². The van der Waals surface area contributed by atoms with E-state index in [2.05, 4.69) is 21.3 Å². The molecule has 0 aromatic carbocycles. The van der Waals surface area contributed by atoms with Crippen LogP contribution in [0.3, 0.4) is 0 Å². The zero-order valence-electron chi connectivity index (χ0n) is 16.2. The molecule has 0 aromatic rings. The van der Waals surface area contributed by atoms with E-state index in [1.807, 2.05) is 27.7 Å². The monoisotopic (exact) mass is 368 g/mol. The maximum atomic E-state index is 12.1. The lowest BCUT2D eigenvalue weighted by Crippen LogP contribution is -2.61. The molecule has 8 nitrogen and oxygen atoms in total. The van der Waals surface area contributed by atoms with E-state index in [-0.39, 0.29) is 49.3 Å². The normalized spacial score (nSPS) is 19.9. The molecular weight excluding hydrogens is 336 g/mol. The number of carbonyl (C=O) groups excluding carboxylic acids is 4.